The van der Waals surface area contributed by atoms with Gasteiger partial charge in [-0.05, 0) is 92.6 Å². The van der Waals surface area contributed by atoms with Gasteiger partial charge in [-0.25, -0.2) is 8.42 Å². The first-order valence-electron chi connectivity index (χ1n) is 11.6. The molecule has 2 heterocycles. The van der Waals surface area contributed by atoms with Gasteiger partial charge in [-0.3, -0.25) is 0 Å². The second-order valence-electron chi connectivity index (χ2n) is 10.2. The Hall–Kier alpha value is -1.44. The minimum absolute atomic E-state index is 0.188. The molecule has 3 unspecified atom stereocenters. The molecule has 1 aromatic carbocycles. The number of fused-ring (bicyclic) bond motifs is 2. The molecule has 1 aromatic rings. The summed E-state index contributed by atoms with van der Waals surface area (Å²) in [7, 11) is -3.44. The highest BCUT2D eigenvalue weighted by molar-refractivity contribution is 7.89. The molecule has 4 aliphatic rings. The lowest BCUT2D eigenvalue weighted by Crippen LogP contribution is -2.47. The van der Waals surface area contributed by atoms with E-state index >= 15 is 0 Å². The van der Waals surface area contributed by atoms with E-state index in [2.05, 4.69) is 22.4 Å². The van der Waals surface area contributed by atoms with Gasteiger partial charge < -0.3 is 10.2 Å². The van der Waals surface area contributed by atoms with E-state index in [9.17, 15) is 8.42 Å². The fourth-order valence-corrected chi connectivity index (χ4v) is 8.10. The van der Waals surface area contributed by atoms with E-state index in [1.807, 2.05) is 26.0 Å². The lowest BCUT2D eigenvalue weighted by atomic mass is 9.78. The van der Waals surface area contributed by atoms with Crippen molar-refractivity contribution in [3.8, 4) is 0 Å². The number of rotatable bonds is 3. The van der Waals surface area contributed by atoms with E-state index < -0.39 is 10.0 Å². The molecule has 5 rings (SSSR count). The van der Waals surface area contributed by atoms with Gasteiger partial charge in [0.2, 0.25) is 10.0 Å². The summed E-state index contributed by atoms with van der Waals surface area (Å²) in [5.74, 6) is 1.37. The van der Waals surface area contributed by atoms with E-state index in [1.54, 1.807) is 10.4 Å². The fraction of sp³-hybridized carbons (Fsp3) is 0.625. The van der Waals surface area contributed by atoms with Gasteiger partial charge in [0.15, 0.2) is 5.11 Å². The monoisotopic (exact) mass is 459 g/mol. The summed E-state index contributed by atoms with van der Waals surface area (Å²) in [5, 5.41) is 4.54. The lowest BCUT2D eigenvalue weighted by Gasteiger charge is -2.39. The van der Waals surface area contributed by atoms with Crippen molar-refractivity contribution in [3.63, 3.8) is 0 Å². The zero-order valence-electron chi connectivity index (χ0n) is 18.5. The summed E-state index contributed by atoms with van der Waals surface area (Å²) < 4.78 is 28.2. The fourth-order valence-electron chi connectivity index (χ4n) is 6.04. The first kappa shape index (κ1) is 21.4. The third-order valence-electron chi connectivity index (χ3n) is 8.06. The van der Waals surface area contributed by atoms with Crippen LogP contribution in [0.3, 0.4) is 0 Å². The summed E-state index contributed by atoms with van der Waals surface area (Å²) in [5.41, 5.74) is 1.99. The minimum atomic E-state index is -3.44. The van der Waals surface area contributed by atoms with Crippen LogP contribution in [-0.2, 0) is 10.0 Å². The van der Waals surface area contributed by atoms with E-state index in [1.165, 1.54) is 12.8 Å². The third kappa shape index (κ3) is 3.93. The zero-order valence-corrected chi connectivity index (χ0v) is 20.1. The molecule has 3 atom stereocenters. The predicted molar refractivity (Wildman–Crippen MR) is 127 cm³/mol. The normalized spacial score (nSPS) is 29.7. The van der Waals surface area contributed by atoms with Crippen molar-refractivity contribution in [1.82, 2.24) is 14.5 Å². The number of nitrogens with zero attached hydrogens (tertiary/aromatic N) is 2. The molecule has 2 bridgehead atoms. The summed E-state index contributed by atoms with van der Waals surface area (Å²) in [6.07, 6.45) is 10.1. The average molecular weight is 460 g/mol. The molecule has 0 amide bonds. The smallest absolute Gasteiger partial charge is 0.243 e. The van der Waals surface area contributed by atoms with Crippen LogP contribution in [0.15, 0.2) is 35.2 Å². The highest BCUT2D eigenvalue weighted by atomic mass is 32.2. The van der Waals surface area contributed by atoms with Crippen molar-refractivity contribution >= 4 is 27.4 Å². The molecule has 2 saturated heterocycles. The zero-order chi connectivity index (χ0) is 21.8. The first-order chi connectivity index (χ1) is 14.8. The summed E-state index contributed by atoms with van der Waals surface area (Å²) >= 11 is 5.78. The number of thiocarbonyl (C=S) groups is 1. The van der Waals surface area contributed by atoms with Gasteiger partial charge in [0.05, 0.1) is 4.90 Å². The summed E-state index contributed by atoms with van der Waals surface area (Å²) in [4.78, 5) is 2.79. The molecule has 1 saturated carbocycles. The van der Waals surface area contributed by atoms with Crippen LogP contribution in [0.4, 0.5) is 0 Å². The van der Waals surface area contributed by atoms with Crippen LogP contribution in [-0.4, -0.2) is 55.0 Å². The van der Waals surface area contributed by atoms with Crippen molar-refractivity contribution < 1.29 is 8.42 Å². The molecule has 0 radical (unpaired) electrons. The third-order valence-corrected chi connectivity index (χ3v) is 10.5. The van der Waals surface area contributed by atoms with Gasteiger partial charge in [-0.2, -0.15) is 4.31 Å². The lowest BCUT2D eigenvalue weighted by molar-refractivity contribution is 0.166. The van der Waals surface area contributed by atoms with Crippen LogP contribution in [0.5, 0.6) is 0 Å². The molecule has 2 aliphatic heterocycles. The van der Waals surface area contributed by atoms with Crippen LogP contribution >= 0.6 is 12.2 Å². The Labute approximate surface area is 191 Å². The predicted octanol–water partition coefficient (Wildman–Crippen LogP) is 3.62. The molecule has 1 spiro atoms. The molecular formula is C24H33N3O2S2. The van der Waals surface area contributed by atoms with Crippen LogP contribution in [0.2, 0.25) is 0 Å². The number of nitrogens with one attached hydrogen (secondary N) is 1. The Morgan fingerprint density at radius 3 is 2.52 bits per heavy atom. The van der Waals surface area contributed by atoms with Crippen LogP contribution in [0.25, 0.3) is 0 Å². The van der Waals surface area contributed by atoms with Gasteiger partial charge in [0.1, 0.15) is 0 Å². The van der Waals surface area contributed by atoms with Gasteiger partial charge in [0.25, 0.3) is 0 Å². The quantitative estimate of drug-likeness (QED) is 0.553. The maximum absolute atomic E-state index is 13.3. The number of sulfonamides is 1. The average Bonchev–Trinajstić information content (AvgIpc) is 3.46. The number of allylic oxidation sites excluding steroid dienone is 1. The van der Waals surface area contributed by atoms with Crippen molar-refractivity contribution in [1.29, 1.82) is 0 Å². The van der Waals surface area contributed by atoms with Gasteiger partial charge in [-0.1, -0.05) is 24.3 Å². The Morgan fingerprint density at radius 2 is 1.84 bits per heavy atom. The Bertz CT molecular complexity index is 1010. The SMILES string of the molecule is Cc1ccc(C)c(S(=O)(=O)N2CCC3(CCN(C(=S)NC4CC5C=CC4C5)C3)CC2)c1. The van der Waals surface area contributed by atoms with Crippen LogP contribution in [0.1, 0.15) is 43.2 Å². The highest BCUT2D eigenvalue weighted by Gasteiger charge is 2.44. The maximum Gasteiger partial charge on any atom is 0.243 e. The van der Waals surface area contributed by atoms with Gasteiger partial charge in [-0.15, -0.1) is 0 Å². The summed E-state index contributed by atoms with van der Waals surface area (Å²) in [6, 6.07) is 6.17. The standard InChI is InChI=1S/C24H33N3O2S2/c1-17-3-4-18(2)22(13-17)31(28,29)27-11-8-24(9-12-27)7-10-26(16-24)23(30)25-21-15-19-5-6-20(21)14-19/h3-6,13,19-21H,7-12,14-16H2,1-2H3,(H,25,30). The Balaban J connectivity index is 1.20. The van der Waals surface area contributed by atoms with E-state index in [0.717, 1.165) is 54.5 Å². The number of benzene rings is 1. The number of likely N-dealkylation sites (tertiary alicyclic amines) is 1. The van der Waals surface area contributed by atoms with E-state index in [4.69, 9.17) is 12.2 Å². The molecule has 7 heteroatoms. The van der Waals surface area contributed by atoms with Crippen molar-refractivity contribution in [2.75, 3.05) is 26.2 Å². The topological polar surface area (TPSA) is 52.7 Å². The van der Waals surface area contributed by atoms with Crippen molar-refractivity contribution in [2.24, 2.45) is 17.3 Å². The van der Waals surface area contributed by atoms with E-state index in [-0.39, 0.29) is 5.41 Å². The summed E-state index contributed by atoms with van der Waals surface area (Å²) in [6.45, 7) is 6.95. The number of piperidine rings is 1. The van der Waals surface area contributed by atoms with Crippen LogP contribution in [0, 0.1) is 31.1 Å². The number of aryl methyl sites for hydroxylation is 2. The maximum atomic E-state index is 13.3. The molecule has 2 aliphatic carbocycles. The molecule has 31 heavy (non-hydrogen) atoms. The minimum Gasteiger partial charge on any atom is -0.359 e. The molecule has 0 aromatic heterocycles. The number of hydrogen-bond donors (Lipinski definition) is 1. The largest absolute Gasteiger partial charge is 0.359 e. The van der Waals surface area contributed by atoms with Gasteiger partial charge >= 0.3 is 0 Å². The highest BCUT2D eigenvalue weighted by Crippen LogP contribution is 2.42. The second kappa shape index (κ2) is 7.85. The molecule has 1 N–H and O–H groups in total. The van der Waals surface area contributed by atoms with Crippen molar-refractivity contribution in [2.45, 2.75) is 56.9 Å². The van der Waals surface area contributed by atoms with E-state index in [0.29, 0.717) is 29.9 Å². The molecule has 3 fully saturated rings. The van der Waals surface area contributed by atoms with Gasteiger partial charge in [0, 0.05) is 32.2 Å². The van der Waals surface area contributed by atoms with Crippen LogP contribution < -0.4 is 5.32 Å². The molecule has 168 valence electrons. The second-order valence-corrected chi connectivity index (χ2v) is 12.5. The number of hydrogen-bond acceptors (Lipinski definition) is 3. The molecular weight excluding hydrogens is 426 g/mol. The van der Waals surface area contributed by atoms with Crippen molar-refractivity contribution in [3.05, 3.63) is 41.5 Å². The first-order valence-corrected chi connectivity index (χ1v) is 13.4. The Morgan fingerprint density at radius 1 is 1.10 bits per heavy atom. The Kier molecular flexibility index (Phi) is 5.42. The molecule has 5 nitrogen and oxygen atoms in total.